The Hall–Kier alpha value is -1.83. The van der Waals surface area contributed by atoms with Gasteiger partial charge in [0.15, 0.2) is 0 Å². The topological polar surface area (TPSA) is 83.1 Å². The number of rotatable bonds is 14. The van der Waals surface area contributed by atoms with E-state index in [0.717, 1.165) is 50.0 Å². The standard InChI is InChI=1S/C30H53N3O4/c1-23(2)19-25(20-31-6)32-28(34)33-17-12-13-24(21-33)30(35,16-10-11-18-36-7)26-14-8-9-15-27(26)37-22-29(3,4)5/h8-9,14-15,23-25,31,35H,10-13,16-22H2,1-7H3,(H,32,34)/t24-,25?,30+/m1/s1. The second-order valence-corrected chi connectivity index (χ2v) is 12.3. The Morgan fingerprint density at radius 3 is 2.59 bits per heavy atom. The number of likely N-dealkylation sites (N-methyl/N-ethyl adjacent to an activating group) is 1. The minimum Gasteiger partial charge on any atom is -0.493 e. The number of nitrogens with one attached hydrogen (secondary N) is 2. The first-order valence-electron chi connectivity index (χ1n) is 14.1. The summed E-state index contributed by atoms with van der Waals surface area (Å²) in [6.45, 7) is 14.0. The van der Waals surface area contributed by atoms with E-state index in [1.54, 1.807) is 7.11 Å². The quantitative estimate of drug-likeness (QED) is 0.295. The van der Waals surface area contributed by atoms with Gasteiger partial charge >= 0.3 is 6.03 Å². The number of unbranched alkanes of at least 4 members (excludes halogenated alkanes) is 1. The van der Waals surface area contributed by atoms with Crippen molar-refractivity contribution >= 4 is 6.03 Å². The molecule has 0 radical (unpaired) electrons. The molecule has 1 aliphatic heterocycles. The van der Waals surface area contributed by atoms with E-state index in [9.17, 15) is 9.90 Å². The minimum absolute atomic E-state index is 0.00327. The number of likely N-dealkylation sites (tertiary alicyclic amines) is 1. The summed E-state index contributed by atoms with van der Waals surface area (Å²) in [5, 5.41) is 18.9. The van der Waals surface area contributed by atoms with Crippen molar-refractivity contribution < 1.29 is 19.4 Å². The van der Waals surface area contributed by atoms with Gasteiger partial charge < -0.3 is 30.1 Å². The highest BCUT2D eigenvalue weighted by atomic mass is 16.5. The Morgan fingerprint density at radius 1 is 1.22 bits per heavy atom. The highest BCUT2D eigenvalue weighted by Crippen LogP contribution is 2.43. The van der Waals surface area contributed by atoms with Gasteiger partial charge in [-0.05, 0) is 63.0 Å². The molecule has 0 saturated carbocycles. The van der Waals surface area contributed by atoms with Crippen molar-refractivity contribution in [2.24, 2.45) is 17.3 Å². The first-order chi connectivity index (χ1) is 17.5. The molecule has 212 valence electrons. The molecular formula is C30H53N3O4. The van der Waals surface area contributed by atoms with Crippen LogP contribution < -0.4 is 15.4 Å². The molecular weight excluding hydrogens is 466 g/mol. The van der Waals surface area contributed by atoms with Gasteiger partial charge in [0.2, 0.25) is 0 Å². The zero-order chi connectivity index (χ0) is 27.5. The molecule has 1 unspecified atom stereocenters. The van der Waals surface area contributed by atoms with Crippen LogP contribution in [0.5, 0.6) is 5.75 Å². The molecule has 7 nitrogen and oxygen atoms in total. The second-order valence-electron chi connectivity index (χ2n) is 12.3. The number of amides is 2. The lowest BCUT2D eigenvalue weighted by Crippen LogP contribution is -2.54. The Labute approximate surface area is 225 Å². The Kier molecular flexibility index (Phi) is 12.7. The van der Waals surface area contributed by atoms with E-state index in [1.807, 2.05) is 36.2 Å². The van der Waals surface area contributed by atoms with Gasteiger partial charge in [-0.1, -0.05) is 52.8 Å². The van der Waals surface area contributed by atoms with Gasteiger partial charge in [0.05, 0.1) is 12.2 Å². The molecule has 7 heteroatoms. The van der Waals surface area contributed by atoms with Gasteiger partial charge in [-0.2, -0.15) is 0 Å². The minimum atomic E-state index is -1.09. The van der Waals surface area contributed by atoms with Crippen molar-refractivity contribution in [3.8, 4) is 5.75 Å². The van der Waals surface area contributed by atoms with Crippen molar-refractivity contribution in [1.29, 1.82) is 0 Å². The van der Waals surface area contributed by atoms with Gasteiger partial charge in [0.1, 0.15) is 5.75 Å². The molecule has 1 aliphatic rings. The number of piperidine rings is 1. The third-order valence-corrected chi connectivity index (χ3v) is 7.09. The molecule has 1 aromatic carbocycles. The molecule has 2 rings (SSSR count). The normalized spacial score (nSPS) is 18.9. The van der Waals surface area contributed by atoms with Crippen LogP contribution in [0.4, 0.5) is 4.79 Å². The average Bonchev–Trinajstić information content (AvgIpc) is 2.85. The molecule has 0 aromatic heterocycles. The first kappa shape index (κ1) is 31.4. The number of aliphatic hydroxyl groups is 1. The van der Waals surface area contributed by atoms with E-state index in [2.05, 4.69) is 45.3 Å². The number of benzene rings is 1. The van der Waals surface area contributed by atoms with Crippen molar-refractivity contribution in [3.05, 3.63) is 29.8 Å². The zero-order valence-corrected chi connectivity index (χ0v) is 24.4. The number of carbonyl (C=O) groups excluding carboxylic acids is 1. The highest BCUT2D eigenvalue weighted by molar-refractivity contribution is 5.74. The van der Waals surface area contributed by atoms with E-state index in [1.165, 1.54) is 0 Å². The second kappa shape index (κ2) is 14.9. The number of urea groups is 1. The molecule has 0 aliphatic carbocycles. The molecule has 0 spiro atoms. The van der Waals surface area contributed by atoms with Crippen LogP contribution >= 0.6 is 0 Å². The van der Waals surface area contributed by atoms with Crippen LogP contribution in [0.25, 0.3) is 0 Å². The Bertz CT molecular complexity index is 810. The lowest BCUT2D eigenvalue weighted by Gasteiger charge is -2.43. The molecule has 0 bridgehead atoms. The van der Waals surface area contributed by atoms with Crippen LogP contribution in [0.3, 0.4) is 0 Å². The number of para-hydroxylation sites is 1. The summed E-state index contributed by atoms with van der Waals surface area (Å²) in [4.78, 5) is 15.2. The fourth-order valence-corrected chi connectivity index (χ4v) is 5.27. The predicted molar refractivity (Wildman–Crippen MR) is 151 cm³/mol. The van der Waals surface area contributed by atoms with Crippen LogP contribution in [0.1, 0.15) is 78.7 Å². The number of methoxy groups -OCH3 is 1. The monoisotopic (exact) mass is 519 g/mol. The van der Waals surface area contributed by atoms with E-state index in [4.69, 9.17) is 9.47 Å². The fraction of sp³-hybridized carbons (Fsp3) is 0.767. The van der Waals surface area contributed by atoms with Crippen LogP contribution in [0, 0.1) is 17.3 Å². The van der Waals surface area contributed by atoms with Crippen LogP contribution in [-0.2, 0) is 10.3 Å². The maximum Gasteiger partial charge on any atom is 0.317 e. The molecule has 1 aromatic rings. The molecule has 1 heterocycles. The van der Waals surface area contributed by atoms with Gasteiger partial charge in [0.25, 0.3) is 0 Å². The van der Waals surface area contributed by atoms with E-state index < -0.39 is 5.60 Å². The van der Waals surface area contributed by atoms with Gasteiger partial charge in [-0.15, -0.1) is 0 Å². The summed E-state index contributed by atoms with van der Waals surface area (Å²) in [5.41, 5.74) is -0.260. The first-order valence-corrected chi connectivity index (χ1v) is 14.1. The summed E-state index contributed by atoms with van der Waals surface area (Å²) in [6, 6.07) is 7.94. The van der Waals surface area contributed by atoms with Crippen LogP contribution in [-0.4, -0.2) is 69.1 Å². The third-order valence-electron chi connectivity index (χ3n) is 7.09. The number of hydrogen-bond acceptors (Lipinski definition) is 5. The number of nitrogens with zero attached hydrogens (tertiary/aromatic N) is 1. The average molecular weight is 520 g/mol. The summed E-state index contributed by atoms with van der Waals surface area (Å²) in [5.74, 6) is 1.15. The number of hydrogen-bond donors (Lipinski definition) is 3. The lowest BCUT2D eigenvalue weighted by molar-refractivity contribution is -0.0583. The van der Waals surface area contributed by atoms with Crippen molar-refractivity contribution in [2.45, 2.75) is 84.8 Å². The zero-order valence-electron chi connectivity index (χ0n) is 24.4. The van der Waals surface area contributed by atoms with Gasteiger partial charge in [-0.25, -0.2) is 4.79 Å². The van der Waals surface area contributed by atoms with Crippen molar-refractivity contribution in [2.75, 3.05) is 47.0 Å². The molecule has 3 atom stereocenters. The summed E-state index contributed by atoms with van der Waals surface area (Å²) in [6.07, 6.45) is 4.96. The summed E-state index contributed by atoms with van der Waals surface area (Å²) < 4.78 is 11.5. The van der Waals surface area contributed by atoms with Crippen molar-refractivity contribution in [1.82, 2.24) is 15.5 Å². The fourth-order valence-electron chi connectivity index (χ4n) is 5.27. The van der Waals surface area contributed by atoms with Crippen molar-refractivity contribution in [3.63, 3.8) is 0 Å². The van der Waals surface area contributed by atoms with E-state index >= 15 is 0 Å². The molecule has 2 amide bonds. The van der Waals surface area contributed by atoms with E-state index in [-0.39, 0.29) is 23.4 Å². The molecule has 37 heavy (non-hydrogen) atoms. The smallest absolute Gasteiger partial charge is 0.317 e. The largest absolute Gasteiger partial charge is 0.493 e. The molecule has 1 saturated heterocycles. The molecule has 3 N–H and O–H groups in total. The van der Waals surface area contributed by atoms with Gasteiger partial charge in [0, 0.05) is 50.9 Å². The summed E-state index contributed by atoms with van der Waals surface area (Å²) >= 11 is 0. The Balaban J connectivity index is 2.28. The SMILES string of the molecule is CNCC(CC(C)C)NC(=O)N1CCC[C@@H]([C@@](O)(CCCCOC)c2ccccc2OCC(C)(C)C)C1. The van der Waals surface area contributed by atoms with Crippen LogP contribution in [0.2, 0.25) is 0 Å². The van der Waals surface area contributed by atoms with E-state index in [0.29, 0.717) is 38.6 Å². The predicted octanol–water partition coefficient (Wildman–Crippen LogP) is 5.17. The number of carbonyl (C=O) groups is 1. The Morgan fingerprint density at radius 2 is 1.95 bits per heavy atom. The maximum atomic E-state index is 13.3. The maximum absolute atomic E-state index is 13.3. The highest BCUT2D eigenvalue weighted by Gasteiger charge is 2.43. The van der Waals surface area contributed by atoms with Gasteiger partial charge in [-0.3, -0.25) is 0 Å². The molecule has 1 fully saturated rings. The lowest BCUT2D eigenvalue weighted by atomic mass is 9.73. The number of ether oxygens (including phenoxy) is 2. The van der Waals surface area contributed by atoms with Crippen LogP contribution in [0.15, 0.2) is 24.3 Å². The third kappa shape index (κ3) is 10.1. The summed E-state index contributed by atoms with van der Waals surface area (Å²) in [7, 11) is 3.62.